The lowest BCUT2D eigenvalue weighted by atomic mass is 9.89. The predicted octanol–water partition coefficient (Wildman–Crippen LogP) is 11.1. The van der Waals surface area contributed by atoms with Crippen molar-refractivity contribution in [2.75, 3.05) is 13.2 Å². The van der Waals surface area contributed by atoms with Crippen molar-refractivity contribution in [2.24, 2.45) is 0 Å². The molecule has 11 heteroatoms. The fraction of sp³-hybridized carbons (Fsp3) is 0.344. The molecule has 1 fully saturated rings. The van der Waals surface area contributed by atoms with E-state index in [0.717, 1.165) is 37.9 Å². The van der Waals surface area contributed by atoms with Crippen molar-refractivity contribution in [3.8, 4) is 0 Å². The molecule has 72 heavy (non-hydrogen) atoms. The second-order valence-electron chi connectivity index (χ2n) is 18.5. The van der Waals surface area contributed by atoms with Crippen LogP contribution in [0.3, 0.4) is 0 Å². The lowest BCUT2D eigenvalue weighted by Gasteiger charge is -2.47. The van der Waals surface area contributed by atoms with Crippen molar-refractivity contribution >= 4 is 15.9 Å². The first-order valence-electron chi connectivity index (χ1n) is 25.1. The van der Waals surface area contributed by atoms with Gasteiger partial charge in [0.25, 0.3) is 0 Å². The zero-order valence-corrected chi connectivity index (χ0v) is 42.1. The Morgan fingerprint density at radius 3 is 1.36 bits per heavy atom. The minimum absolute atomic E-state index is 0.267. The highest BCUT2D eigenvalue weighted by molar-refractivity contribution is 9.10. The maximum atomic E-state index is 12.0. The number of aliphatic hydroxyl groups is 1. The van der Waals surface area contributed by atoms with Gasteiger partial charge in [0.15, 0.2) is 0 Å². The van der Waals surface area contributed by atoms with E-state index in [1.54, 1.807) is 6.08 Å². The van der Waals surface area contributed by atoms with E-state index in [9.17, 15) is 5.11 Å². The van der Waals surface area contributed by atoms with E-state index < -0.39 is 67.1 Å². The molecule has 1 saturated heterocycles. The molecule has 6 aromatic carbocycles. The normalized spacial score (nSPS) is 26.1. The Balaban J connectivity index is 0.992. The molecule has 3 aliphatic rings. The standard InChI is InChI=1S/C61H65BrO10/c62-50-28-26-49(27-29-50)42-68-60-57(72-55(34-35-64-37-44-16-6-1-7-17-44)59(67-40-47-22-12-4-13-23-47)61(60)69-41-48-24-14-5-15-25-48)36-56-51(63)30-31-53-54(70-56)33-32-52(66-39-46-20-10-3-11-21-46)58(71-53)43-65-38-45-18-8-2-9-19-45/h1-33,51-61,63H,34-43H2/t51-,52-,53-,54+,55-,56+,57+,58+,59-,60+,61+/m0/s1. The fourth-order valence-corrected chi connectivity index (χ4v) is 9.61. The van der Waals surface area contributed by atoms with Crippen molar-refractivity contribution in [1.29, 1.82) is 0 Å². The van der Waals surface area contributed by atoms with Gasteiger partial charge in [0.1, 0.15) is 42.7 Å². The molecule has 3 aliphatic heterocycles. The molecule has 6 aromatic rings. The predicted molar refractivity (Wildman–Crippen MR) is 279 cm³/mol. The second kappa shape index (κ2) is 27.2. The Hall–Kier alpha value is -5.12. The molecule has 3 heterocycles. The highest BCUT2D eigenvalue weighted by Gasteiger charge is 2.50. The Labute approximate surface area is 432 Å². The maximum Gasteiger partial charge on any atom is 0.115 e. The summed E-state index contributed by atoms with van der Waals surface area (Å²) in [5.41, 5.74) is 6.24. The topological polar surface area (TPSA) is 103 Å². The van der Waals surface area contributed by atoms with Gasteiger partial charge in [-0.05, 0) is 51.9 Å². The maximum absolute atomic E-state index is 12.0. The molecule has 0 saturated carbocycles. The van der Waals surface area contributed by atoms with Crippen LogP contribution in [0.2, 0.25) is 0 Å². The molecule has 0 bridgehead atoms. The zero-order valence-electron chi connectivity index (χ0n) is 40.5. The quantitative estimate of drug-likeness (QED) is 0.0493. The van der Waals surface area contributed by atoms with Gasteiger partial charge in [-0.3, -0.25) is 0 Å². The fourth-order valence-electron chi connectivity index (χ4n) is 9.35. The second-order valence-corrected chi connectivity index (χ2v) is 19.4. The molecule has 0 aromatic heterocycles. The van der Waals surface area contributed by atoms with Crippen LogP contribution in [0, 0.1) is 0 Å². The summed E-state index contributed by atoms with van der Waals surface area (Å²) in [6.07, 6.45) is 1.84. The van der Waals surface area contributed by atoms with E-state index in [2.05, 4.69) is 52.3 Å². The first-order valence-corrected chi connectivity index (χ1v) is 25.9. The van der Waals surface area contributed by atoms with Crippen molar-refractivity contribution in [2.45, 2.75) is 120 Å². The molecular formula is C61H65BrO10. The van der Waals surface area contributed by atoms with E-state index in [1.807, 2.05) is 158 Å². The SMILES string of the molecule is O[C@H]1C=C[C@@H]2O[C@H](COCc3ccccc3)[C@@H](OCc3ccccc3)C=C[C@H]2O[C@@H]1C[C@H]1O[C@@H](CCOCc2ccccc2)[C@H](OCc2ccccc2)[C@@H](OCc2ccccc2)[C@@H]1OCc1ccc(Br)cc1. The summed E-state index contributed by atoms with van der Waals surface area (Å²) in [5, 5.41) is 12.0. The van der Waals surface area contributed by atoms with Crippen LogP contribution in [0.1, 0.15) is 46.2 Å². The first kappa shape index (κ1) is 51.8. The lowest BCUT2D eigenvalue weighted by Crippen LogP contribution is -2.61. The zero-order chi connectivity index (χ0) is 49.2. The van der Waals surface area contributed by atoms with Gasteiger partial charge in [0, 0.05) is 17.5 Å². The summed E-state index contributed by atoms with van der Waals surface area (Å²) in [6, 6.07) is 58.7. The van der Waals surface area contributed by atoms with Crippen LogP contribution in [0.25, 0.3) is 0 Å². The molecule has 1 N–H and O–H groups in total. The van der Waals surface area contributed by atoms with Crippen LogP contribution in [0.5, 0.6) is 0 Å². The van der Waals surface area contributed by atoms with Crippen LogP contribution in [0.4, 0.5) is 0 Å². The van der Waals surface area contributed by atoms with Gasteiger partial charge in [0.2, 0.25) is 0 Å². The number of hydrogen-bond acceptors (Lipinski definition) is 10. The number of rotatable bonds is 23. The largest absolute Gasteiger partial charge is 0.386 e. The number of benzene rings is 6. The monoisotopic (exact) mass is 1040 g/mol. The van der Waals surface area contributed by atoms with Crippen LogP contribution >= 0.6 is 15.9 Å². The summed E-state index contributed by atoms with van der Waals surface area (Å²) >= 11 is 3.59. The third-order valence-corrected chi connectivity index (χ3v) is 13.7. The highest BCUT2D eigenvalue weighted by Crippen LogP contribution is 2.36. The first-order chi connectivity index (χ1) is 35.5. The summed E-state index contributed by atoms with van der Waals surface area (Å²) < 4.78 is 62.3. The Morgan fingerprint density at radius 2 is 0.819 bits per heavy atom. The van der Waals surface area contributed by atoms with Crippen LogP contribution in [-0.2, 0) is 82.3 Å². The van der Waals surface area contributed by atoms with Crippen molar-refractivity contribution in [1.82, 2.24) is 0 Å². The summed E-state index contributed by atoms with van der Waals surface area (Å²) in [7, 11) is 0. The van der Waals surface area contributed by atoms with Crippen molar-refractivity contribution in [3.63, 3.8) is 0 Å². The molecule has 0 spiro atoms. The average molecular weight is 1040 g/mol. The molecule has 0 amide bonds. The smallest absolute Gasteiger partial charge is 0.115 e. The average Bonchev–Trinajstić information content (AvgIpc) is 3.68. The van der Waals surface area contributed by atoms with E-state index >= 15 is 0 Å². The van der Waals surface area contributed by atoms with Crippen LogP contribution < -0.4 is 0 Å². The number of aliphatic hydroxyl groups excluding tert-OH is 1. The Bertz CT molecular complexity index is 2520. The van der Waals surface area contributed by atoms with Gasteiger partial charge in [-0.2, -0.15) is 0 Å². The summed E-state index contributed by atoms with van der Waals surface area (Å²) in [5.74, 6) is 0. The number of fused-ring (bicyclic) bond motifs is 1. The lowest BCUT2D eigenvalue weighted by molar-refractivity contribution is -0.273. The van der Waals surface area contributed by atoms with Crippen LogP contribution in [0.15, 0.2) is 205 Å². The molecule has 0 unspecified atom stereocenters. The van der Waals surface area contributed by atoms with Crippen LogP contribution in [-0.4, -0.2) is 85.5 Å². The third-order valence-electron chi connectivity index (χ3n) is 13.2. The summed E-state index contributed by atoms with van der Waals surface area (Å²) in [4.78, 5) is 0. The van der Waals surface area contributed by atoms with Gasteiger partial charge >= 0.3 is 0 Å². The van der Waals surface area contributed by atoms with E-state index in [4.69, 9.17) is 42.6 Å². The number of ether oxygens (including phenoxy) is 9. The minimum atomic E-state index is -0.994. The summed E-state index contributed by atoms with van der Waals surface area (Å²) in [6.45, 7) is 2.92. The highest BCUT2D eigenvalue weighted by atomic mass is 79.9. The molecule has 0 radical (unpaired) electrons. The number of hydrogen-bond donors (Lipinski definition) is 1. The molecule has 9 rings (SSSR count). The number of halogens is 1. The molecule has 0 aliphatic carbocycles. The Morgan fingerprint density at radius 1 is 0.389 bits per heavy atom. The molecule has 11 atom stereocenters. The van der Waals surface area contributed by atoms with Gasteiger partial charge in [0.05, 0.1) is 70.7 Å². The third kappa shape index (κ3) is 15.2. The molecular weight excluding hydrogens is 973 g/mol. The van der Waals surface area contributed by atoms with Gasteiger partial charge in [-0.1, -0.05) is 204 Å². The molecule has 10 nitrogen and oxygen atoms in total. The van der Waals surface area contributed by atoms with E-state index in [0.29, 0.717) is 46.1 Å². The minimum Gasteiger partial charge on any atom is -0.386 e. The van der Waals surface area contributed by atoms with Crippen molar-refractivity contribution < 1.29 is 47.7 Å². The van der Waals surface area contributed by atoms with E-state index in [1.165, 1.54) is 0 Å². The van der Waals surface area contributed by atoms with Gasteiger partial charge in [-0.25, -0.2) is 0 Å². The Kier molecular flexibility index (Phi) is 19.6. The van der Waals surface area contributed by atoms with Crippen molar-refractivity contribution in [3.05, 3.63) is 238 Å². The van der Waals surface area contributed by atoms with Gasteiger partial charge < -0.3 is 47.7 Å². The molecule has 376 valence electrons. The van der Waals surface area contributed by atoms with Gasteiger partial charge in [-0.15, -0.1) is 0 Å². The van der Waals surface area contributed by atoms with E-state index in [-0.39, 0.29) is 19.6 Å².